The highest BCUT2D eigenvalue weighted by Crippen LogP contribution is 2.22. The van der Waals surface area contributed by atoms with Gasteiger partial charge >= 0.3 is 6.61 Å². The van der Waals surface area contributed by atoms with Crippen molar-refractivity contribution in [3.05, 3.63) is 58.9 Å². The largest absolute Gasteiger partial charge is 0.497 e. The Bertz CT molecular complexity index is 1070. The minimum atomic E-state index is -2.91. The first kappa shape index (κ1) is 21.4. The summed E-state index contributed by atoms with van der Waals surface area (Å²) >= 11 is 5.26. The molecule has 1 heterocycles. The summed E-state index contributed by atoms with van der Waals surface area (Å²) in [7, 11) is 1.58. The second-order valence-electron chi connectivity index (χ2n) is 6.41. The number of hydrogen-bond acceptors (Lipinski definition) is 5. The predicted molar refractivity (Wildman–Crippen MR) is 109 cm³/mol. The van der Waals surface area contributed by atoms with E-state index in [1.165, 1.54) is 12.1 Å². The SMILES string of the molecule is COc1ccc(-c2n[nH]c(=S)n2CC(=O)NC(C)c2cccc(OC(F)F)c2)cc1. The third kappa shape index (κ3) is 5.20. The number of halogens is 2. The Morgan fingerprint density at radius 1 is 1.23 bits per heavy atom. The van der Waals surface area contributed by atoms with Gasteiger partial charge in [-0.15, -0.1) is 0 Å². The number of carbonyl (C=O) groups excluding carboxylic acids is 1. The number of rotatable bonds is 8. The molecule has 0 saturated heterocycles. The molecule has 3 rings (SSSR count). The van der Waals surface area contributed by atoms with E-state index >= 15 is 0 Å². The van der Waals surface area contributed by atoms with Crippen LogP contribution >= 0.6 is 12.2 Å². The van der Waals surface area contributed by atoms with Crippen LogP contribution in [0.2, 0.25) is 0 Å². The summed E-state index contributed by atoms with van der Waals surface area (Å²) in [6.07, 6.45) is 0. The van der Waals surface area contributed by atoms with Crippen LogP contribution in [0.1, 0.15) is 18.5 Å². The number of hydrogen-bond donors (Lipinski definition) is 2. The molecule has 1 amide bonds. The van der Waals surface area contributed by atoms with E-state index in [4.69, 9.17) is 17.0 Å². The van der Waals surface area contributed by atoms with Gasteiger partial charge in [-0.2, -0.15) is 13.9 Å². The van der Waals surface area contributed by atoms with Gasteiger partial charge in [0.25, 0.3) is 0 Å². The fourth-order valence-electron chi connectivity index (χ4n) is 2.90. The zero-order chi connectivity index (χ0) is 21.7. The average molecular weight is 434 g/mol. The second kappa shape index (κ2) is 9.49. The molecule has 1 atom stereocenters. The number of amides is 1. The van der Waals surface area contributed by atoms with Crippen LogP contribution in [-0.4, -0.2) is 34.4 Å². The van der Waals surface area contributed by atoms with Gasteiger partial charge in [0, 0.05) is 5.56 Å². The van der Waals surface area contributed by atoms with Crippen molar-refractivity contribution in [1.82, 2.24) is 20.1 Å². The number of nitrogens with one attached hydrogen (secondary N) is 2. The quantitative estimate of drug-likeness (QED) is 0.522. The van der Waals surface area contributed by atoms with Crippen molar-refractivity contribution >= 4 is 18.1 Å². The maximum Gasteiger partial charge on any atom is 0.387 e. The number of aromatic amines is 1. The molecule has 0 bridgehead atoms. The monoisotopic (exact) mass is 434 g/mol. The molecule has 1 unspecified atom stereocenters. The fraction of sp³-hybridized carbons (Fsp3) is 0.250. The van der Waals surface area contributed by atoms with Gasteiger partial charge in [0.15, 0.2) is 10.6 Å². The summed E-state index contributed by atoms with van der Waals surface area (Å²) in [5, 5.41) is 9.73. The van der Waals surface area contributed by atoms with E-state index in [1.54, 1.807) is 42.9 Å². The van der Waals surface area contributed by atoms with Crippen molar-refractivity contribution in [1.29, 1.82) is 0 Å². The first-order valence-electron chi connectivity index (χ1n) is 9.01. The minimum absolute atomic E-state index is 0.0300. The standard InChI is InChI=1S/C20H20F2N4O3S/c1-12(14-4-3-5-16(10-14)29-19(21)22)23-17(27)11-26-18(24-25-20(26)30)13-6-8-15(28-2)9-7-13/h3-10,12,19H,11H2,1-2H3,(H,23,27)(H,25,30). The van der Waals surface area contributed by atoms with E-state index in [1.807, 2.05) is 12.1 Å². The topological polar surface area (TPSA) is 81.2 Å². The van der Waals surface area contributed by atoms with Crippen molar-refractivity contribution in [2.45, 2.75) is 26.1 Å². The zero-order valence-electron chi connectivity index (χ0n) is 16.3. The minimum Gasteiger partial charge on any atom is -0.497 e. The molecule has 3 aromatic rings. The van der Waals surface area contributed by atoms with Crippen LogP contribution in [0, 0.1) is 4.77 Å². The molecule has 0 fully saturated rings. The molecule has 10 heteroatoms. The third-order valence-corrected chi connectivity index (χ3v) is 4.68. The van der Waals surface area contributed by atoms with Crippen molar-refractivity contribution in [3.63, 3.8) is 0 Å². The summed E-state index contributed by atoms with van der Waals surface area (Å²) in [5.74, 6) is 0.930. The summed E-state index contributed by atoms with van der Waals surface area (Å²) in [6, 6.07) is 13.0. The molecule has 0 aliphatic carbocycles. The highest BCUT2D eigenvalue weighted by atomic mass is 32.1. The Morgan fingerprint density at radius 3 is 2.63 bits per heavy atom. The van der Waals surface area contributed by atoms with Crippen LogP contribution in [0.25, 0.3) is 11.4 Å². The highest BCUT2D eigenvalue weighted by molar-refractivity contribution is 7.71. The number of benzene rings is 2. The number of aromatic nitrogens is 3. The summed E-state index contributed by atoms with van der Waals surface area (Å²) in [5.41, 5.74) is 1.40. The molecule has 7 nitrogen and oxygen atoms in total. The summed E-state index contributed by atoms with van der Waals surface area (Å²) in [6.45, 7) is -1.23. The lowest BCUT2D eigenvalue weighted by Crippen LogP contribution is -2.30. The highest BCUT2D eigenvalue weighted by Gasteiger charge is 2.16. The van der Waals surface area contributed by atoms with Crippen LogP contribution < -0.4 is 14.8 Å². The van der Waals surface area contributed by atoms with E-state index < -0.39 is 12.7 Å². The number of H-pyrrole nitrogens is 1. The lowest BCUT2D eigenvalue weighted by molar-refractivity contribution is -0.122. The van der Waals surface area contributed by atoms with Gasteiger partial charge < -0.3 is 14.8 Å². The van der Waals surface area contributed by atoms with Gasteiger partial charge in [0.2, 0.25) is 5.91 Å². The average Bonchev–Trinajstić information content (AvgIpc) is 3.08. The first-order valence-corrected chi connectivity index (χ1v) is 9.42. The molecular weight excluding hydrogens is 414 g/mol. The van der Waals surface area contributed by atoms with Crippen molar-refractivity contribution in [2.24, 2.45) is 0 Å². The van der Waals surface area contributed by atoms with E-state index in [0.717, 1.165) is 5.56 Å². The van der Waals surface area contributed by atoms with Gasteiger partial charge in [-0.25, -0.2) is 0 Å². The molecule has 30 heavy (non-hydrogen) atoms. The van der Waals surface area contributed by atoms with Gasteiger partial charge in [-0.05, 0) is 61.1 Å². The van der Waals surface area contributed by atoms with E-state index in [2.05, 4.69) is 20.3 Å². The molecule has 0 spiro atoms. The molecule has 0 aliphatic rings. The molecule has 0 aliphatic heterocycles. The zero-order valence-corrected chi connectivity index (χ0v) is 17.1. The molecule has 158 valence electrons. The van der Waals surface area contributed by atoms with Crippen LogP contribution in [-0.2, 0) is 11.3 Å². The second-order valence-corrected chi connectivity index (χ2v) is 6.79. The Balaban J connectivity index is 1.72. The van der Waals surface area contributed by atoms with Crippen LogP contribution in [0.15, 0.2) is 48.5 Å². The Kier molecular flexibility index (Phi) is 6.78. The maximum absolute atomic E-state index is 12.6. The Hall–Kier alpha value is -3.27. The van der Waals surface area contributed by atoms with Crippen molar-refractivity contribution in [2.75, 3.05) is 7.11 Å². The van der Waals surface area contributed by atoms with E-state index in [-0.39, 0.29) is 18.2 Å². The molecule has 2 N–H and O–H groups in total. The van der Waals surface area contributed by atoms with Gasteiger partial charge in [-0.3, -0.25) is 14.5 Å². The Labute approximate surface area is 176 Å². The van der Waals surface area contributed by atoms with Gasteiger partial charge in [0.05, 0.1) is 13.2 Å². The number of methoxy groups -OCH3 is 1. The number of alkyl halides is 2. The van der Waals surface area contributed by atoms with Crippen molar-refractivity contribution in [3.8, 4) is 22.9 Å². The smallest absolute Gasteiger partial charge is 0.387 e. The van der Waals surface area contributed by atoms with Crippen LogP contribution in [0.3, 0.4) is 0 Å². The Morgan fingerprint density at radius 2 is 1.97 bits per heavy atom. The fourth-order valence-corrected chi connectivity index (χ4v) is 3.10. The molecule has 0 radical (unpaired) electrons. The van der Waals surface area contributed by atoms with Gasteiger partial charge in [0.1, 0.15) is 18.0 Å². The lowest BCUT2D eigenvalue weighted by Gasteiger charge is -2.16. The normalized spacial score (nSPS) is 11.9. The number of carbonyl (C=O) groups is 1. The van der Waals surface area contributed by atoms with Crippen LogP contribution in [0.5, 0.6) is 11.5 Å². The number of nitrogens with zero attached hydrogens (tertiary/aromatic N) is 2. The molecule has 0 saturated carbocycles. The first-order chi connectivity index (χ1) is 14.4. The lowest BCUT2D eigenvalue weighted by atomic mass is 10.1. The van der Waals surface area contributed by atoms with Gasteiger partial charge in [-0.1, -0.05) is 12.1 Å². The maximum atomic E-state index is 12.6. The predicted octanol–water partition coefficient (Wildman–Crippen LogP) is 4.10. The summed E-state index contributed by atoms with van der Waals surface area (Å²) < 4.78 is 36.3. The molecular formula is C20H20F2N4O3S. The summed E-state index contributed by atoms with van der Waals surface area (Å²) in [4.78, 5) is 12.6. The number of ether oxygens (including phenoxy) is 2. The molecule has 1 aromatic heterocycles. The van der Waals surface area contributed by atoms with Crippen LogP contribution in [0.4, 0.5) is 8.78 Å². The third-order valence-electron chi connectivity index (χ3n) is 4.37. The van der Waals surface area contributed by atoms with E-state index in [9.17, 15) is 13.6 Å². The van der Waals surface area contributed by atoms with E-state index in [0.29, 0.717) is 21.9 Å². The van der Waals surface area contributed by atoms with Crippen molar-refractivity contribution < 1.29 is 23.0 Å². The molecule has 2 aromatic carbocycles.